The molecule has 2 aliphatic rings. The third-order valence-corrected chi connectivity index (χ3v) is 10.4. The minimum absolute atomic E-state index is 1.01. The van der Waals surface area contributed by atoms with Crippen LogP contribution in [0.3, 0.4) is 0 Å². The van der Waals surface area contributed by atoms with Gasteiger partial charge in [0, 0.05) is 16.3 Å². The maximum atomic E-state index is 6.48. The highest BCUT2D eigenvalue weighted by atomic mass is 16.3. The molecule has 47 heavy (non-hydrogen) atoms. The lowest BCUT2D eigenvalue weighted by atomic mass is 9.79. The number of rotatable bonds is 3. The van der Waals surface area contributed by atoms with Gasteiger partial charge in [-0.25, -0.2) is 0 Å². The summed E-state index contributed by atoms with van der Waals surface area (Å²) < 4.78 is 6.48. The van der Waals surface area contributed by atoms with Gasteiger partial charge in [-0.1, -0.05) is 127 Å². The van der Waals surface area contributed by atoms with E-state index in [1.54, 1.807) is 0 Å². The van der Waals surface area contributed by atoms with Crippen LogP contribution in [0, 0.1) is 0 Å². The molecule has 222 valence electrons. The zero-order valence-corrected chi connectivity index (χ0v) is 26.1. The molecule has 1 nitrogen and oxygen atoms in total. The maximum absolute atomic E-state index is 6.48. The predicted molar refractivity (Wildman–Crippen MR) is 200 cm³/mol. The van der Waals surface area contributed by atoms with Crippen molar-refractivity contribution in [3.8, 4) is 33.4 Å². The van der Waals surface area contributed by atoms with Gasteiger partial charge in [0.1, 0.15) is 11.3 Å². The fraction of sp³-hybridized carbons (Fsp3) is 0.0870. The van der Waals surface area contributed by atoms with Crippen molar-refractivity contribution in [3.05, 3.63) is 156 Å². The minimum atomic E-state index is 1.01. The van der Waals surface area contributed by atoms with Gasteiger partial charge in [0.25, 0.3) is 0 Å². The van der Waals surface area contributed by atoms with Crippen molar-refractivity contribution in [2.75, 3.05) is 0 Å². The second kappa shape index (κ2) is 10.4. The van der Waals surface area contributed by atoms with Crippen LogP contribution in [0.5, 0.6) is 0 Å². The fourth-order valence-corrected chi connectivity index (χ4v) is 8.33. The van der Waals surface area contributed by atoms with Crippen molar-refractivity contribution < 1.29 is 4.42 Å². The van der Waals surface area contributed by atoms with E-state index in [1.165, 1.54) is 87.8 Å². The van der Waals surface area contributed by atoms with Crippen LogP contribution in [0.1, 0.15) is 35.3 Å². The van der Waals surface area contributed by atoms with Gasteiger partial charge in [-0.15, -0.1) is 0 Å². The SMILES string of the molecule is C1=Cc2c(c(-c3cccc4ccccc34)c3ccccc3c2-c2cccc(-c3cc4c5c(oc4c4ccccc34)C=CCC5)c2)CC1. The molecule has 7 aromatic carbocycles. The zero-order valence-electron chi connectivity index (χ0n) is 26.1. The standard InChI is InChI=1S/C46H32O/c1-2-17-32-29(13-1)14-12-25-35(32)45-38-22-6-4-20-36(38)44(37-21-5-7-23-39(37)45)31-16-11-15-30(27-31)41-28-42-34-19-9-10-26-43(34)47-46(42)40-24-8-3-18-33(40)41/h1-6,8,10-18,20-22,24-28H,7,9,19,23H2. The summed E-state index contributed by atoms with van der Waals surface area (Å²) in [6.07, 6.45) is 13.3. The number of furan rings is 1. The molecule has 0 atom stereocenters. The molecule has 0 N–H and O–H groups in total. The molecule has 1 heteroatoms. The molecule has 0 radical (unpaired) electrons. The number of allylic oxidation sites excluding steroid dienone is 2. The highest BCUT2D eigenvalue weighted by molar-refractivity contribution is 6.15. The van der Waals surface area contributed by atoms with Crippen LogP contribution < -0.4 is 0 Å². The fourth-order valence-electron chi connectivity index (χ4n) is 8.33. The van der Waals surface area contributed by atoms with E-state index in [4.69, 9.17) is 4.42 Å². The van der Waals surface area contributed by atoms with E-state index >= 15 is 0 Å². The van der Waals surface area contributed by atoms with E-state index in [0.29, 0.717) is 0 Å². The quantitative estimate of drug-likeness (QED) is 0.197. The summed E-state index contributed by atoms with van der Waals surface area (Å²) in [5.74, 6) is 1.01. The Labute approximate surface area is 274 Å². The lowest BCUT2D eigenvalue weighted by molar-refractivity contribution is 0.598. The summed E-state index contributed by atoms with van der Waals surface area (Å²) in [7, 11) is 0. The van der Waals surface area contributed by atoms with Gasteiger partial charge in [-0.05, 0) is 115 Å². The third kappa shape index (κ3) is 4.03. The molecular formula is C46H32O. The molecule has 1 aromatic heterocycles. The molecule has 0 aliphatic heterocycles. The van der Waals surface area contributed by atoms with Gasteiger partial charge in [0.15, 0.2) is 0 Å². The Hall–Kier alpha value is -5.66. The van der Waals surface area contributed by atoms with E-state index < -0.39 is 0 Å². The lowest BCUT2D eigenvalue weighted by Crippen LogP contribution is -2.03. The molecule has 10 rings (SSSR count). The van der Waals surface area contributed by atoms with Crippen LogP contribution >= 0.6 is 0 Å². The number of hydrogen-bond donors (Lipinski definition) is 0. The van der Waals surface area contributed by atoms with Gasteiger partial charge < -0.3 is 4.42 Å². The molecule has 8 aromatic rings. The normalized spacial score (nSPS) is 13.9. The van der Waals surface area contributed by atoms with Crippen LogP contribution in [0.15, 0.2) is 138 Å². The zero-order chi connectivity index (χ0) is 30.9. The Kier molecular flexibility index (Phi) is 5.90. The molecule has 2 aliphatic carbocycles. The Morgan fingerprint density at radius 2 is 1.11 bits per heavy atom. The van der Waals surface area contributed by atoms with Crippen molar-refractivity contribution in [1.82, 2.24) is 0 Å². The number of benzene rings is 7. The highest BCUT2D eigenvalue weighted by Gasteiger charge is 2.23. The van der Waals surface area contributed by atoms with Crippen LogP contribution in [0.25, 0.3) is 88.8 Å². The first-order chi connectivity index (χ1) is 23.3. The summed E-state index contributed by atoms with van der Waals surface area (Å²) in [6.45, 7) is 0. The van der Waals surface area contributed by atoms with Crippen molar-refractivity contribution in [1.29, 1.82) is 0 Å². The largest absolute Gasteiger partial charge is 0.456 e. The van der Waals surface area contributed by atoms with Gasteiger partial charge in [0.05, 0.1) is 0 Å². The summed E-state index contributed by atoms with van der Waals surface area (Å²) in [5, 5.41) is 8.87. The van der Waals surface area contributed by atoms with Crippen molar-refractivity contribution in [2.24, 2.45) is 0 Å². The first-order valence-electron chi connectivity index (χ1n) is 16.8. The van der Waals surface area contributed by atoms with Crippen LogP contribution in [-0.2, 0) is 12.8 Å². The average Bonchev–Trinajstić information content (AvgIpc) is 3.52. The minimum Gasteiger partial charge on any atom is -0.456 e. The van der Waals surface area contributed by atoms with Crippen LogP contribution in [-0.4, -0.2) is 0 Å². The van der Waals surface area contributed by atoms with Gasteiger partial charge in [-0.2, -0.15) is 0 Å². The van der Waals surface area contributed by atoms with E-state index in [9.17, 15) is 0 Å². The highest BCUT2D eigenvalue weighted by Crippen LogP contribution is 2.47. The molecule has 0 unspecified atom stereocenters. The van der Waals surface area contributed by atoms with Crippen LogP contribution in [0.2, 0.25) is 0 Å². The van der Waals surface area contributed by atoms with Crippen molar-refractivity contribution >= 4 is 55.4 Å². The number of fused-ring (bicyclic) bond motifs is 8. The molecule has 0 fully saturated rings. The molecule has 0 bridgehead atoms. The Morgan fingerprint density at radius 3 is 1.98 bits per heavy atom. The van der Waals surface area contributed by atoms with Crippen LogP contribution in [0.4, 0.5) is 0 Å². The number of aryl methyl sites for hydroxylation is 1. The number of hydrogen-bond acceptors (Lipinski definition) is 1. The third-order valence-electron chi connectivity index (χ3n) is 10.4. The summed E-state index contributed by atoms with van der Waals surface area (Å²) in [4.78, 5) is 0. The van der Waals surface area contributed by atoms with E-state index in [1.807, 2.05) is 0 Å². The van der Waals surface area contributed by atoms with Gasteiger partial charge in [0.2, 0.25) is 0 Å². The Balaban J connectivity index is 1.24. The first kappa shape index (κ1) is 26.5. The van der Waals surface area contributed by atoms with Crippen molar-refractivity contribution in [2.45, 2.75) is 25.7 Å². The Morgan fingerprint density at radius 1 is 0.447 bits per heavy atom. The molecule has 0 spiro atoms. The second-order valence-electron chi connectivity index (χ2n) is 13.0. The van der Waals surface area contributed by atoms with E-state index in [2.05, 4.69) is 146 Å². The Bertz CT molecular complexity index is 2620. The smallest absolute Gasteiger partial charge is 0.142 e. The molecule has 0 saturated carbocycles. The molecule has 1 heterocycles. The first-order valence-corrected chi connectivity index (χ1v) is 16.8. The summed E-state index contributed by atoms with van der Waals surface area (Å²) in [5.41, 5.74) is 12.9. The average molecular weight is 601 g/mol. The van der Waals surface area contributed by atoms with Gasteiger partial charge in [-0.3, -0.25) is 0 Å². The topological polar surface area (TPSA) is 13.1 Å². The molecule has 0 saturated heterocycles. The summed E-state index contributed by atoms with van der Waals surface area (Å²) in [6, 6.07) is 44.9. The monoisotopic (exact) mass is 600 g/mol. The molecule has 0 amide bonds. The maximum Gasteiger partial charge on any atom is 0.142 e. The van der Waals surface area contributed by atoms with Crippen molar-refractivity contribution in [3.63, 3.8) is 0 Å². The molecular weight excluding hydrogens is 569 g/mol. The lowest BCUT2D eigenvalue weighted by Gasteiger charge is -2.24. The van der Waals surface area contributed by atoms with Gasteiger partial charge >= 0.3 is 0 Å². The summed E-state index contributed by atoms with van der Waals surface area (Å²) >= 11 is 0. The second-order valence-corrected chi connectivity index (χ2v) is 13.0. The van der Waals surface area contributed by atoms with E-state index in [0.717, 1.165) is 37.0 Å². The van der Waals surface area contributed by atoms with E-state index in [-0.39, 0.29) is 0 Å². The predicted octanol–water partition coefficient (Wildman–Crippen LogP) is 12.8.